The first kappa shape index (κ1) is 16.8. The first-order valence-corrected chi connectivity index (χ1v) is 8.87. The lowest BCUT2D eigenvalue weighted by molar-refractivity contribution is 0.167. The van der Waals surface area contributed by atoms with Crippen molar-refractivity contribution in [2.75, 3.05) is 6.54 Å². The van der Waals surface area contributed by atoms with Crippen LogP contribution in [-0.4, -0.2) is 17.7 Å². The van der Waals surface area contributed by atoms with Crippen molar-refractivity contribution in [2.45, 2.75) is 31.6 Å². The van der Waals surface area contributed by atoms with E-state index in [1.54, 1.807) is 0 Å². The molecule has 1 saturated carbocycles. The molecule has 1 aliphatic rings. The van der Waals surface area contributed by atoms with Gasteiger partial charge in [-0.1, -0.05) is 39.7 Å². The molecule has 2 aromatic carbocycles. The predicted molar refractivity (Wildman–Crippen MR) is 95.9 cm³/mol. The summed E-state index contributed by atoms with van der Waals surface area (Å²) in [6.07, 6.45) is 1.81. The molecule has 0 amide bonds. The van der Waals surface area contributed by atoms with Gasteiger partial charge in [-0.3, -0.25) is 0 Å². The quantitative estimate of drug-likeness (QED) is 0.725. The van der Waals surface area contributed by atoms with Crippen LogP contribution >= 0.6 is 27.5 Å². The molecule has 2 N–H and O–H groups in total. The molecule has 0 aliphatic heterocycles. The molecule has 1 aliphatic carbocycles. The van der Waals surface area contributed by atoms with E-state index in [0.29, 0.717) is 30.0 Å². The lowest BCUT2D eigenvalue weighted by atomic mass is 10.1. The van der Waals surface area contributed by atoms with Crippen molar-refractivity contribution in [3.8, 4) is 5.75 Å². The summed E-state index contributed by atoms with van der Waals surface area (Å²) in [5.41, 5.74) is 1.83. The number of hydrogen-bond acceptors (Lipinski definition) is 3. The molecular formula is C18H19BrClNO2. The van der Waals surface area contributed by atoms with Gasteiger partial charge in [-0.25, -0.2) is 0 Å². The summed E-state index contributed by atoms with van der Waals surface area (Å²) in [5.74, 6) is 0.702. The highest BCUT2D eigenvalue weighted by Gasteiger charge is 2.23. The van der Waals surface area contributed by atoms with E-state index in [2.05, 4.69) is 21.2 Å². The molecule has 3 nitrogen and oxygen atoms in total. The van der Waals surface area contributed by atoms with E-state index in [-0.39, 0.29) is 0 Å². The summed E-state index contributed by atoms with van der Waals surface area (Å²) in [7, 11) is 0. The minimum Gasteiger partial charge on any atom is -0.489 e. The maximum Gasteiger partial charge on any atom is 0.125 e. The minimum atomic E-state index is -0.590. The van der Waals surface area contributed by atoms with Crippen LogP contribution in [0.4, 0.5) is 0 Å². The first-order valence-electron chi connectivity index (χ1n) is 7.70. The molecule has 0 saturated heterocycles. The summed E-state index contributed by atoms with van der Waals surface area (Å²) in [5, 5.41) is 14.5. The van der Waals surface area contributed by atoms with E-state index in [1.165, 1.54) is 12.8 Å². The maximum absolute atomic E-state index is 10.5. The zero-order chi connectivity index (χ0) is 16.2. The zero-order valence-corrected chi connectivity index (χ0v) is 15.0. The average Bonchev–Trinajstić information content (AvgIpc) is 3.37. The summed E-state index contributed by atoms with van der Waals surface area (Å²) < 4.78 is 6.84. The molecule has 5 heteroatoms. The van der Waals surface area contributed by atoms with Crippen LogP contribution in [0.15, 0.2) is 46.9 Å². The van der Waals surface area contributed by atoms with E-state index < -0.39 is 6.10 Å². The first-order chi connectivity index (χ1) is 11.1. The molecule has 0 bridgehead atoms. The van der Waals surface area contributed by atoms with Gasteiger partial charge in [-0.05, 0) is 48.7 Å². The van der Waals surface area contributed by atoms with E-state index in [9.17, 15) is 5.11 Å². The summed E-state index contributed by atoms with van der Waals surface area (Å²) in [6.45, 7) is 0.979. The van der Waals surface area contributed by atoms with Crippen LogP contribution in [0, 0.1) is 0 Å². The Kier molecular flexibility index (Phi) is 5.59. The molecule has 0 spiro atoms. The van der Waals surface area contributed by atoms with E-state index in [0.717, 1.165) is 15.6 Å². The van der Waals surface area contributed by atoms with E-state index >= 15 is 0 Å². The summed E-state index contributed by atoms with van der Waals surface area (Å²) >= 11 is 9.35. The average molecular weight is 397 g/mol. The molecular weight excluding hydrogens is 378 g/mol. The number of rotatable bonds is 7. The fourth-order valence-corrected chi connectivity index (χ4v) is 2.83. The van der Waals surface area contributed by atoms with Crippen molar-refractivity contribution in [1.82, 2.24) is 5.32 Å². The zero-order valence-electron chi connectivity index (χ0n) is 12.6. The molecule has 1 fully saturated rings. The van der Waals surface area contributed by atoms with Crippen molar-refractivity contribution in [3.63, 3.8) is 0 Å². The fourth-order valence-electron chi connectivity index (χ4n) is 2.33. The molecule has 1 unspecified atom stereocenters. The third-order valence-corrected chi connectivity index (χ3v) is 4.56. The van der Waals surface area contributed by atoms with Crippen LogP contribution in [0.2, 0.25) is 5.02 Å². The highest BCUT2D eigenvalue weighted by Crippen LogP contribution is 2.30. The number of benzene rings is 2. The van der Waals surface area contributed by atoms with Crippen molar-refractivity contribution in [3.05, 3.63) is 63.1 Å². The number of hydrogen-bond donors (Lipinski definition) is 2. The van der Waals surface area contributed by atoms with Crippen LogP contribution in [-0.2, 0) is 6.61 Å². The number of nitrogens with one attached hydrogen (secondary N) is 1. The predicted octanol–water partition coefficient (Wildman–Crippen LogP) is 4.47. The summed E-state index contributed by atoms with van der Waals surface area (Å²) in [6, 6.07) is 13.8. The fraction of sp³-hybridized carbons (Fsp3) is 0.333. The molecule has 1 atom stereocenters. The van der Waals surface area contributed by atoms with Gasteiger partial charge in [0.2, 0.25) is 0 Å². The third kappa shape index (κ3) is 4.95. The Morgan fingerprint density at radius 1 is 1.22 bits per heavy atom. The van der Waals surface area contributed by atoms with Gasteiger partial charge in [0.25, 0.3) is 0 Å². The van der Waals surface area contributed by atoms with E-state index in [1.807, 2.05) is 42.5 Å². The monoisotopic (exact) mass is 395 g/mol. The van der Waals surface area contributed by atoms with Gasteiger partial charge < -0.3 is 15.2 Å². The maximum atomic E-state index is 10.5. The second kappa shape index (κ2) is 7.67. The smallest absolute Gasteiger partial charge is 0.125 e. The van der Waals surface area contributed by atoms with Gasteiger partial charge in [-0.2, -0.15) is 0 Å². The standard InChI is InChI=1S/C18H19BrClNO2/c19-13-3-8-18(23-11-12-1-4-14(20)5-2-12)16(9-13)17(22)10-21-15-6-7-15/h1-5,8-9,15,17,21-22H,6-7,10-11H2. The van der Waals surface area contributed by atoms with Crippen LogP contribution in [0.5, 0.6) is 5.75 Å². The number of aliphatic hydroxyl groups excluding tert-OH is 1. The molecule has 122 valence electrons. The minimum absolute atomic E-state index is 0.439. The Morgan fingerprint density at radius 3 is 2.65 bits per heavy atom. The highest BCUT2D eigenvalue weighted by atomic mass is 79.9. The molecule has 23 heavy (non-hydrogen) atoms. The largest absolute Gasteiger partial charge is 0.489 e. The molecule has 0 heterocycles. The lowest BCUT2D eigenvalue weighted by Gasteiger charge is -2.17. The van der Waals surface area contributed by atoms with Gasteiger partial charge in [-0.15, -0.1) is 0 Å². The van der Waals surface area contributed by atoms with Crippen LogP contribution < -0.4 is 10.1 Å². The Morgan fingerprint density at radius 2 is 1.96 bits per heavy atom. The highest BCUT2D eigenvalue weighted by molar-refractivity contribution is 9.10. The van der Waals surface area contributed by atoms with Crippen molar-refractivity contribution < 1.29 is 9.84 Å². The Bertz CT molecular complexity index is 659. The Balaban J connectivity index is 1.68. The van der Waals surface area contributed by atoms with Gasteiger partial charge >= 0.3 is 0 Å². The van der Waals surface area contributed by atoms with E-state index in [4.69, 9.17) is 16.3 Å². The molecule has 0 aromatic heterocycles. The molecule has 3 rings (SSSR count). The van der Waals surface area contributed by atoms with Crippen molar-refractivity contribution in [1.29, 1.82) is 0 Å². The van der Waals surface area contributed by atoms with Gasteiger partial charge in [0.15, 0.2) is 0 Å². The van der Waals surface area contributed by atoms with Gasteiger partial charge in [0.05, 0.1) is 6.10 Å². The Hall–Kier alpha value is -1.07. The molecule has 0 radical (unpaired) electrons. The Labute approximate surface area is 149 Å². The van der Waals surface area contributed by atoms with Gasteiger partial charge in [0.1, 0.15) is 12.4 Å². The van der Waals surface area contributed by atoms with Crippen LogP contribution in [0.3, 0.4) is 0 Å². The second-order valence-corrected chi connectivity index (χ2v) is 7.15. The molecule has 2 aromatic rings. The number of halogens is 2. The van der Waals surface area contributed by atoms with Crippen LogP contribution in [0.1, 0.15) is 30.1 Å². The summed E-state index contributed by atoms with van der Waals surface area (Å²) in [4.78, 5) is 0. The van der Waals surface area contributed by atoms with Crippen molar-refractivity contribution in [2.24, 2.45) is 0 Å². The topological polar surface area (TPSA) is 41.5 Å². The van der Waals surface area contributed by atoms with Crippen LogP contribution in [0.25, 0.3) is 0 Å². The SMILES string of the molecule is OC(CNC1CC1)c1cc(Br)ccc1OCc1ccc(Cl)cc1. The lowest BCUT2D eigenvalue weighted by Crippen LogP contribution is -2.23. The van der Waals surface area contributed by atoms with Crippen molar-refractivity contribution >= 4 is 27.5 Å². The normalized spacial score (nSPS) is 15.4. The van der Waals surface area contributed by atoms with Gasteiger partial charge in [0, 0.05) is 27.6 Å². The number of aliphatic hydroxyl groups is 1. The second-order valence-electron chi connectivity index (χ2n) is 5.80. The third-order valence-electron chi connectivity index (χ3n) is 3.82. The number of ether oxygens (including phenoxy) is 1.